The van der Waals surface area contributed by atoms with E-state index in [0.29, 0.717) is 17.6 Å². The number of hydrogen-bond donors (Lipinski definition) is 2. The van der Waals surface area contributed by atoms with E-state index in [1.807, 2.05) is 0 Å². The number of carbonyl (C=O) groups excluding carboxylic acids is 3. The zero-order valence-corrected chi connectivity index (χ0v) is 16.1. The van der Waals surface area contributed by atoms with Gasteiger partial charge in [0.1, 0.15) is 5.69 Å². The molecule has 3 atom stereocenters. The van der Waals surface area contributed by atoms with Gasteiger partial charge in [-0.15, -0.1) is 0 Å². The van der Waals surface area contributed by atoms with Crippen molar-refractivity contribution in [3.05, 3.63) is 35.3 Å². The van der Waals surface area contributed by atoms with Crippen molar-refractivity contribution in [2.75, 3.05) is 7.05 Å². The van der Waals surface area contributed by atoms with E-state index in [9.17, 15) is 24.6 Å². The molecule has 1 fully saturated rings. The molecule has 8 nitrogen and oxygen atoms in total. The van der Waals surface area contributed by atoms with Crippen LogP contribution in [0.1, 0.15) is 29.4 Å². The van der Waals surface area contributed by atoms with E-state index in [1.54, 1.807) is 6.07 Å². The summed E-state index contributed by atoms with van der Waals surface area (Å²) in [5.74, 6) is -2.83. The van der Waals surface area contributed by atoms with E-state index in [-0.39, 0.29) is 52.9 Å². The molecule has 2 amide bonds. The van der Waals surface area contributed by atoms with Crippen molar-refractivity contribution in [3.8, 4) is 0 Å². The number of carboxylic acids is 1. The van der Waals surface area contributed by atoms with E-state index in [4.69, 9.17) is 0 Å². The Morgan fingerprint density at radius 3 is 2.60 bits per heavy atom. The molecule has 0 aromatic carbocycles. The second-order valence-electron chi connectivity index (χ2n) is 5.87. The molecule has 2 N–H and O–H groups in total. The predicted molar refractivity (Wildman–Crippen MR) is 80.0 cm³/mol. The number of nitrogens with zero attached hydrogens (tertiary/aromatic N) is 2. The van der Waals surface area contributed by atoms with Gasteiger partial charge < -0.3 is 25.2 Å². The summed E-state index contributed by atoms with van der Waals surface area (Å²) < 4.78 is 0. The Labute approximate surface area is 166 Å². The average molecular weight is 353 g/mol. The van der Waals surface area contributed by atoms with Crippen LogP contribution in [0.15, 0.2) is 24.0 Å². The SMILES string of the molecule is CNC(=O)c1ccc(C2=C(C(=O)[O-])N3C(=O)[C@H]([C@@H](C)O)[C@H]3C2)cn1.[Na+]. The van der Waals surface area contributed by atoms with Gasteiger partial charge in [-0.2, -0.15) is 0 Å². The summed E-state index contributed by atoms with van der Waals surface area (Å²) in [6, 6.07) is 2.68. The minimum absolute atomic E-state index is 0. The topological polar surface area (TPSA) is 123 Å². The van der Waals surface area contributed by atoms with Crippen LogP contribution in [0.2, 0.25) is 0 Å². The fourth-order valence-electron chi connectivity index (χ4n) is 3.35. The molecule has 0 saturated carbocycles. The fourth-order valence-corrected chi connectivity index (χ4v) is 3.35. The zero-order valence-electron chi connectivity index (χ0n) is 14.1. The summed E-state index contributed by atoms with van der Waals surface area (Å²) in [5.41, 5.74) is 0.952. The maximum Gasteiger partial charge on any atom is 1.00 e. The number of hydrogen-bond acceptors (Lipinski definition) is 6. The van der Waals surface area contributed by atoms with Crippen molar-refractivity contribution in [2.45, 2.75) is 25.5 Å². The number of rotatable bonds is 4. The Kier molecular flexibility index (Phi) is 5.68. The Balaban J connectivity index is 0.00000225. The van der Waals surface area contributed by atoms with Gasteiger partial charge in [-0.1, -0.05) is 6.07 Å². The number of aliphatic carboxylic acids is 1. The van der Waals surface area contributed by atoms with Crippen molar-refractivity contribution in [3.63, 3.8) is 0 Å². The third-order valence-electron chi connectivity index (χ3n) is 4.49. The second kappa shape index (κ2) is 7.25. The minimum atomic E-state index is -1.44. The van der Waals surface area contributed by atoms with Gasteiger partial charge in [0.15, 0.2) is 0 Å². The van der Waals surface area contributed by atoms with Gasteiger partial charge in [-0.3, -0.25) is 14.6 Å². The molecule has 0 unspecified atom stereocenters. The van der Waals surface area contributed by atoms with Gasteiger partial charge in [-0.05, 0) is 30.5 Å². The summed E-state index contributed by atoms with van der Waals surface area (Å²) in [6.07, 6.45) is 0.845. The smallest absolute Gasteiger partial charge is 0.543 e. The number of carbonyl (C=O) groups is 3. The molecule has 2 aliphatic rings. The van der Waals surface area contributed by atoms with E-state index >= 15 is 0 Å². The first-order valence-corrected chi connectivity index (χ1v) is 7.51. The first kappa shape index (κ1) is 19.6. The number of fused-ring (bicyclic) bond motifs is 1. The number of aliphatic hydroxyl groups excluding tert-OH is 1. The monoisotopic (exact) mass is 353 g/mol. The number of amides is 2. The molecule has 0 spiro atoms. The molecule has 0 bridgehead atoms. The quantitative estimate of drug-likeness (QED) is 0.416. The second-order valence-corrected chi connectivity index (χ2v) is 5.87. The molecule has 0 aliphatic carbocycles. The van der Waals surface area contributed by atoms with E-state index < -0.39 is 23.9 Å². The van der Waals surface area contributed by atoms with Gasteiger partial charge in [0.05, 0.1) is 29.7 Å². The molecule has 3 rings (SSSR count). The van der Waals surface area contributed by atoms with Gasteiger partial charge >= 0.3 is 29.6 Å². The van der Waals surface area contributed by atoms with Gasteiger partial charge in [0.2, 0.25) is 5.91 Å². The first-order valence-electron chi connectivity index (χ1n) is 7.51. The summed E-state index contributed by atoms with van der Waals surface area (Å²) in [7, 11) is 1.48. The summed E-state index contributed by atoms with van der Waals surface area (Å²) in [6.45, 7) is 1.51. The summed E-state index contributed by atoms with van der Waals surface area (Å²) in [4.78, 5) is 40.4. The number of aliphatic hydroxyl groups is 1. The molecule has 25 heavy (non-hydrogen) atoms. The van der Waals surface area contributed by atoms with Gasteiger partial charge in [0, 0.05) is 13.2 Å². The van der Waals surface area contributed by atoms with Crippen LogP contribution in [0.25, 0.3) is 5.57 Å². The number of aromatic nitrogens is 1. The maximum absolute atomic E-state index is 12.1. The first-order chi connectivity index (χ1) is 11.4. The Morgan fingerprint density at radius 1 is 1.44 bits per heavy atom. The van der Waals surface area contributed by atoms with Crippen LogP contribution in [0, 0.1) is 5.92 Å². The van der Waals surface area contributed by atoms with Crippen LogP contribution in [-0.2, 0) is 9.59 Å². The van der Waals surface area contributed by atoms with Gasteiger partial charge in [0.25, 0.3) is 5.91 Å². The number of nitrogens with one attached hydrogen (secondary N) is 1. The largest absolute Gasteiger partial charge is 1.00 e. The Hall–Kier alpha value is -1.74. The molecule has 0 radical (unpaired) electrons. The van der Waals surface area contributed by atoms with Crippen LogP contribution in [0.5, 0.6) is 0 Å². The van der Waals surface area contributed by atoms with E-state index in [0.717, 1.165) is 0 Å². The van der Waals surface area contributed by atoms with E-state index in [2.05, 4.69) is 10.3 Å². The number of β-lactam (4-membered cyclic amide) rings is 1. The van der Waals surface area contributed by atoms with Crippen LogP contribution >= 0.6 is 0 Å². The van der Waals surface area contributed by atoms with Crippen LogP contribution < -0.4 is 40.0 Å². The molecule has 126 valence electrons. The Bertz CT molecular complexity index is 760. The molecule has 9 heteroatoms. The van der Waals surface area contributed by atoms with Gasteiger partial charge in [-0.25, -0.2) is 0 Å². The summed E-state index contributed by atoms with van der Waals surface area (Å²) in [5, 5.41) is 23.7. The molecule has 1 saturated heterocycles. The van der Waals surface area contributed by atoms with Crippen LogP contribution in [0.4, 0.5) is 0 Å². The predicted octanol–water partition coefficient (Wildman–Crippen LogP) is -4.48. The molecule has 1 aromatic heterocycles. The molecule has 3 heterocycles. The molecule has 2 aliphatic heterocycles. The van der Waals surface area contributed by atoms with Crippen molar-refractivity contribution < 1.29 is 54.2 Å². The fraction of sp³-hybridized carbons (Fsp3) is 0.375. The molecular weight excluding hydrogens is 337 g/mol. The Morgan fingerprint density at radius 2 is 2.12 bits per heavy atom. The van der Waals surface area contributed by atoms with Crippen LogP contribution in [0.3, 0.4) is 0 Å². The average Bonchev–Trinajstić information content (AvgIpc) is 2.89. The minimum Gasteiger partial charge on any atom is -0.543 e. The van der Waals surface area contributed by atoms with Crippen molar-refractivity contribution in [1.29, 1.82) is 0 Å². The number of carboxylic acid groups (broad SMARTS) is 1. The normalized spacial score (nSPS) is 22.7. The molecular formula is C16H16N3NaO5. The van der Waals surface area contributed by atoms with Crippen molar-refractivity contribution in [1.82, 2.24) is 15.2 Å². The number of pyridine rings is 1. The zero-order chi connectivity index (χ0) is 17.6. The van der Waals surface area contributed by atoms with Crippen molar-refractivity contribution in [2.24, 2.45) is 5.92 Å². The maximum atomic E-state index is 12.1. The third kappa shape index (κ3) is 3.10. The van der Waals surface area contributed by atoms with Crippen molar-refractivity contribution >= 4 is 23.4 Å². The van der Waals surface area contributed by atoms with E-state index in [1.165, 1.54) is 31.1 Å². The standard InChI is InChI=1S/C16H17N3O5.Na/c1-7(20)12-11-5-9(13(16(23)24)19(11)15(12)22)8-3-4-10(18-6-8)14(21)17-2;/h3-4,6-7,11-12,20H,5H2,1-2H3,(H,17,21)(H,23,24);/q;+1/p-1/t7-,11-,12-;/m1./s1. The third-order valence-corrected chi connectivity index (χ3v) is 4.49. The molecule has 1 aromatic rings. The summed E-state index contributed by atoms with van der Waals surface area (Å²) >= 11 is 0. The van der Waals surface area contributed by atoms with Crippen LogP contribution in [-0.4, -0.2) is 52.0 Å².